The molecular formula is C22H19F3N6O3. The standard InChI is InChI=1S/C22H19F3N6O3/c1-11-17(19(32)34-2)18(15-7-6-12(10-26)8-16(15)27)31(21(29)33)20(28)30(11)14-5-3-4-13(9-14)22(23,24)25/h3-9,18,28H,27H2,1-2H3,(H2,29,33)/t18-/m1/s1. The average molecular weight is 472 g/mol. The first-order valence-electron chi connectivity index (χ1n) is 9.65. The van der Waals surface area contributed by atoms with Gasteiger partial charge in [0.05, 0.1) is 29.9 Å². The maximum Gasteiger partial charge on any atom is 0.416 e. The molecule has 1 aliphatic rings. The minimum absolute atomic E-state index is 0.0300. The van der Waals surface area contributed by atoms with Crippen molar-refractivity contribution in [3.05, 3.63) is 70.4 Å². The third-order valence-electron chi connectivity index (χ3n) is 5.28. The Bertz CT molecular complexity index is 1270. The number of nitrogens with two attached hydrogens (primary N) is 2. The number of carbonyl (C=O) groups is 2. The number of allylic oxidation sites excluding steroid dienone is 1. The Kier molecular flexibility index (Phi) is 6.23. The smallest absolute Gasteiger partial charge is 0.416 e. The lowest BCUT2D eigenvalue weighted by Crippen LogP contribution is -2.55. The number of guanidine groups is 1. The van der Waals surface area contributed by atoms with Crippen molar-refractivity contribution in [2.75, 3.05) is 17.7 Å². The lowest BCUT2D eigenvalue weighted by atomic mass is 9.91. The van der Waals surface area contributed by atoms with Crippen molar-refractivity contribution in [1.29, 1.82) is 10.7 Å². The van der Waals surface area contributed by atoms with Crippen LogP contribution < -0.4 is 16.4 Å². The van der Waals surface area contributed by atoms with Gasteiger partial charge in [-0.2, -0.15) is 18.4 Å². The number of nitrogen functional groups attached to an aromatic ring is 1. The van der Waals surface area contributed by atoms with Gasteiger partial charge in [0.25, 0.3) is 0 Å². The predicted molar refractivity (Wildman–Crippen MR) is 116 cm³/mol. The summed E-state index contributed by atoms with van der Waals surface area (Å²) in [5.41, 5.74) is 10.8. The van der Waals surface area contributed by atoms with E-state index in [1.54, 1.807) is 0 Å². The number of nitrogens with zero attached hydrogens (tertiary/aromatic N) is 3. The number of amides is 2. The average Bonchev–Trinajstić information content (AvgIpc) is 2.77. The fourth-order valence-corrected chi connectivity index (χ4v) is 3.76. The molecule has 2 aromatic carbocycles. The Balaban J connectivity index is 2.32. The van der Waals surface area contributed by atoms with Crippen molar-refractivity contribution in [3.63, 3.8) is 0 Å². The van der Waals surface area contributed by atoms with Crippen molar-refractivity contribution in [2.24, 2.45) is 5.73 Å². The van der Waals surface area contributed by atoms with E-state index in [0.29, 0.717) is 0 Å². The van der Waals surface area contributed by atoms with Gasteiger partial charge in [0.15, 0.2) is 0 Å². The Morgan fingerprint density at radius 3 is 2.41 bits per heavy atom. The lowest BCUT2D eigenvalue weighted by molar-refractivity contribution is -0.138. The van der Waals surface area contributed by atoms with E-state index in [4.69, 9.17) is 26.9 Å². The number of alkyl halides is 3. The highest BCUT2D eigenvalue weighted by Gasteiger charge is 2.44. The first-order chi connectivity index (χ1) is 15.9. The summed E-state index contributed by atoms with van der Waals surface area (Å²) in [7, 11) is 1.09. The molecule has 1 atom stereocenters. The SMILES string of the molecule is COC(=O)C1=C(C)N(c2cccc(C(F)(F)F)c2)C(=N)N(C(N)=O)[C@@H]1c1ccc(C#N)cc1N. The summed E-state index contributed by atoms with van der Waals surface area (Å²) in [4.78, 5) is 27.0. The monoisotopic (exact) mass is 472 g/mol. The lowest BCUT2D eigenvalue weighted by Gasteiger charge is -2.43. The number of halogens is 3. The first-order valence-corrected chi connectivity index (χ1v) is 9.65. The number of urea groups is 1. The summed E-state index contributed by atoms with van der Waals surface area (Å²) in [6, 6.07) is 7.60. The molecule has 0 radical (unpaired) electrons. The van der Waals surface area contributed by atoms with Crippen molar-refractivity contribution < 1.29 is 27.5 Å². The van der Waals surface area contributed by atoms with Gasteiger partial charge in [0.1, 0.15) is 6.04 Å². The van der Waals surface area contributed by atoms with E-state index in [1.165, 1.54) is 31.2 Å². The molecule has 0 saturated heterocycles. The van der Waals surface area contributed by atoms with Crippen LogP contribution in [0.15, 0.2) is 53.7 Å². The van der Waals surface area contributed by atoms with E-state index in [0.717, 1.165) is 35.1 Å². The summed E-state index contributed by atoms with van der Waals surface area (Å²) < 4.78 is 44.8. The van der Waals surface area contributed by atoms with Crippen molar-refractivity contribution >= 4 is 29.3 Å². The number of hydrogen-bond acceptors (Lipinski definition) is 6. The minimum atomic E-state index is -4.67. The molecule has 0 spiro atoms. The molecule has 0 unspecified atom stereocenters. The van der Waals surface area contributed by atoms with Crippen LogP contribution in [0.1, 0.15) is 29.7 Å². The van der Waals surface area contributed by atoms with Crippen LogP contribution in [-0.4, -0.2) is 30.0 Å². The molecule has 0 aliphatic carbocycles. The van der Waals surface area contributed by atoms with Gasteiger partial charge in [0.2, 0.25) is 5.96 Å². The summed E-state index contributed by atoms with van der Waals surface area (Å²) in [6.07, 6.45) is -4.67. The number of primary amides is 1. The van der Waals surface area contributed by atoms with Crippen LogP contribution in [0.5, 0.6) is 0 Å². The van der Waals surface area contributed by atoms with E-state index in [1.807, 2.05) is 6.07 Å². The zero-order valence-electron chi connectivity index (χ0n) is 18.0. The Morgan fingerprint density at radius 2 is 1.88 bits per heavy atom. The number of benzene rings is 2. The second-order valence-electron chi connectivity index (χ2n) is 7.26. The van der Waals surface area contributed by atoms with Gasteiger partial charge in [-0.15, -0.1) is 0 Å². The number of nitriles is 1. The van der Waals surface area contributed by atoms with Crippen molar-refractivity contribution in [2.45, 2.75) is 19.1 Å². The minimum Gasteiger partial charge on any atom is -0.466 e. The maximum absolute atomic E-state index is 13.3. The quantitative estimate of drug-likeness (QED) is 0.460. The summed E-state index contributed by atoms with van der Waals surface area (Å²) >= 11 is 0. The number of carbonyl (C=O) groups excluding carboxylic acids is 2. The Hall–Kier alpha value is -4.53. The van der Waals surface area contributed by atoms with E-state index >= 15 is 0 Å². The van der Waals surface area contributed by atoms with Crippen LogP contribution >= 0.6 is 0 Å². The molecule has 0 saturated carbocycles. The molecule has 2 amide bonds. The van der Waals surface area contributed by atoms with Crippen LogP contribution in [0, 0.1) is 16.7 Å². The molecule has 0 bridgehead atoms. The van der Waals surface area contributed by atoms with Gasteiger partial charge in [-0.3, -0.25) is 15.2 Å². The van der Waals surface area contributed by atoms with Crippen LogP contribution in [0.2, 0.25) is 0 Å². The van der Waals surface area contributed by atoms with E-state index < -0.39 is 35.7 Å². The highest BCUT2D eigenvalue weighted by atomic mass is 19.4. The molecule has 1 heterocycles. The second-order valence-corrected chi connectivity index (χ2v) is 7.26. The number of nitrogens with one attached hydrogen (secondary N) is 1. The van der Waals surface area contributed by atoms with E-state index in [-0.39, 0.29) is 33.8 Å². The van der Waals surface area contributed by atoms with Crippen LogP contribution in [-0.2, 0) is 15.7 Å². The highest BCUT2D eigenvalue weighted by molar-refractivity contribution is 6.10. The molecular weight excluding hydrogens is 453 g/mol. The third kappa shape index (κ3) is 4.11. The number of rotatable bonds is 3. The van der Waals surface area contributed by atoms with Crippen LogP contribution in [0.3, 0.4) is 0 Å². The number of anilines is 2. The maximum atomic E-state index is 13.3. The fourth-order valence-electron chi connectivity index (χ4n) is 3.76. The summed E-state index contributed by atoms with van der Waals surface area (Å²) in [5, 5.41) is 17.7. The van der Waals surface area contributed by atoms with Crippen molar-refractivity contribution in [1.82, 2.24) is 4.90 Å². The molecule has 5 N–H and O–H groups in total. The van der Waals surface area contributed by atoms with Crippen molar-refractivity contribution in [3.8, 4) is 6.07 Å². The third-order valence-corrected chi connectivity index (χ3v) is 5.28. The van der Waals surface area contributed by atoms with Gasteiger partial charge >= 0.3 is 18.2 Å². The molecule has 0 fully saturated rings. The first kappa shape index (κ1) is 24.1. The fraction of sp³-hybridized carbons (Fsp3) is 0.182. The largest absolute Gasteiger partial charge is 0.466 e. The summed E-state index contributed by atoms with van der Waals surface area (Å²) in [5.74, 6) is -1.52. The van der Waals surface area contributed by atoms with Crippen LogP contribution in [0.4, 0.5) is 29.3 Å². The molecule has 34 heavy (non-hydrogen) atoms. The summed E-state index contributed by atoms with van der Waals surface area (Å²) in [6.45, 7) is 1.40. The Labute approximate surface area is 192 Å². The zero-order valence-corrected chi connectivity index (χ0v) is 18.0. The van der Waals surface area contributed by atoms with Gasteiger partial charge in [-0.25, -0.2) is 9.59 Å². The molecule has 0 aromatic heterocycles. The Morgan fingerprint density at radius 1 is 1.21 bits per heavy atom. The van der Waals surface area contributed by atoms with E-state index in [2.05, 4.69) is 0 Å². The van der Waals surface area contributed by atoms with Gasteiger partial charge in [-0.1, -0.05) is 12.1 Å². The van der Waals surface area contributed by atoms with Gasteiger partial charge in [0, 0.05) is 22.6 Å². The molecule has 176 valence electrons. The predicted octanol–water partition coefficient (Wildman–Crippen LogP) is 3.48. The molecule has 1 aliphatic heterocycles. The van der Waals surface area contributed by atoms with Gasteiger partial charge < -0.3 is 16.2 Å². The zero-order chi connectivity index (χ0) is 25.4. The molecule has 12 heteroatoms. The normalized spacial score (nSPS) is 16.4. The second kappa shape index (κ2) is 8.78. The molecule has 3 rings (SSSR count). The van der Waals surface area contributed by atoms with E-state index in [9.17, 15) is 22.8 Å². The molecule has 9 nitrogen and oxygen atoms in total. The number of esters is 1. The topological polar surface area (TPSA) is 150 Å². The number of methoxy groups -OCH3 is 1. The van der Waals surface area contributed by atoms with Gasteiger partial charge in [-0.05, 0) is 37.3 Å². The highest BCUT2D eigenvalue weighted by Crippen LogP contribution is 2.42. The molecule has 2 aromatic rings. The number of ether oxygens (including phenoxy) is 1. The van der Waals surface area contributed by atoms with Crippen LogP contribution in [0.25, 0.3) is 0 Å². The number of hydrogen-bond donors (Lipinski definition) is 3.